The van der Waals surface area contributed by atoms with Gasteiger partial charge in [0.2, 0.25) is 0 Å². The molecule has 0 saturated heterocycles. The molecule has 2 aromatic rings. The van der Waals surface area contributed by atoms with Gasteiger partial charge in [-0.25, -0.2) is 9.59 Å². The van der Waals surface area contributed by atoms with Crippen LogP contribution in [0, 0.1) is 6.92 Å². The Morgan fingerprint density at radius 1 is 1.00 bits per heavy atom. The average Bonchev–Trinajstić information content (AvgIpc) is 3.30. The number of hydrogen-bond acceptors (Lipinski definition) is 6. The first-order valence-corrected chi connectivity index (χ1v) is 11.8. The van der Waals surface area contributed by atoms with Crippen molar-refractivity contribution in [1.29, 1.82) is 0 Å². The molecule has 1 aliphatic carbocycles. The third kappa shape index (κ3) is 6.65. The Morgan fingerprint density at radius 3 is 2.56 bits per heavy atom. The molecule has 0 bridgehead atoms. The van der Waals surface area contributed by atoms with Crippen molar-refractivity contribution in [3.05, 3.63) is 80.6 Å². The number of carbonyl (C=O) groups excluding carboxylic acids is 2. The lowest BCUT2D eigenvalue weighted by atomic mass is 9.98. The summed E-state index contributed by atoms with van der Waals surface area (Å²) < 4.78 is 16.6. The van der Waals surface area contributed by atoms with E-state index in [1.54, 1.807) is 17.4 Å². The minimum atomic E-state index is -0.320. The van der Waals surface area contributed by atoms with Crippen LogP contribution in [0.25, 0.3) is 0 Å². The quantitative estimate of drug-likeness (QED) is 0.347. The maximum atomic E-state index is 12.5. The van der Waals surface area contributed by atoms with E-state index in [0.717, 1.165) is 34.4 Å². The number of carbonyl (C=O) groups is 2. The van der Waals surface area contributed by atoms with Crippen LogP contribution < -0.4 is 0 Å². The van der Waals surface area contributed by atoms with E-state index < -0.39 is 0 Å². The van der Waals surface area contributed by atoms with Gasteiger partial charge in [-0.2, -0.15) is 0 Å². The van der Waals surface area contributed by atoms with Crippen molar-refractivity contribution in [1.82, 2.24) is 0 Å². The number of hydrogen-bond donors (Lipinski definition) is 0. The monoisotopic (exact) mass is 454 g/mol. The molecule has 6 heteroatoms. The Hall–Kier alpha value is -2.70. The summed E-state index contributed by atoms with van der Waals surface area (Å²) in [6, 6.07) is 9.54. The lowest BCUT2D eigenvalue weighted by molar-refractivity contribution is -0.140. The molecule has 0 spiro atoms. The van der Waals surface area contributed by atoms with Crippen LogP contribution >= 0.6 is 11.3 Å². The molecule has 1 aromatic heterocycles. The molecule has 3 rings (SSSR count). The molecule has 0 saturated carbocycles. The second-order valence-electron chi connectivity index (χ2n) is 7.85. The average molecular weight is 455 g/mol. The van der Waals surface area contributed by atoms with Crippen LogP contribution in [0.4, 0.5) is 0 Å². The molecule has 170 valence electrons. The summed E-state index contributed by atoms with van der Waals surface area (Å²) in [7, 11) is 0. The van der Waals surface area contributed by atoms with E-state index in [9.17, 15) is 9.59 Å². The van der Waals surface area contributed by atoms with Crippen LogP contribution in [0.2, 0.25) is 0 Å². The van der Waals surface area contributed by atoms with Gasteiger partial charge in [0.25, 0.3) is 0 Å². The smallest absolute Gasteiger partial charge is 0.338 e. The number of benzene rings is 1. The second-order valence-corrected chi connectivity index (χ2v) is 8.88. The zero-order chi connectivity index (χ0) is 22.9. The molecule has 0 radical (unpaired) electrons. The summed E-state index contributed by atoms with van der Waals surface area (Å²) in [5.41, 5.74) is 4.14. The van der Waals surface area contributed by atoms with Gasteiger partial charge in [0, 0.05) is 4.88 Å². The molecule has 5 nitrogen and oxygen atoms in total. The Labute approximate surface area is 193 Å². The zero-order valence-corrected chi connectivity index (χ0v) is 19.7. The zero-order valence-electron chi connectivity index (χ0n) is 18.9. The number of rotatable bonds is 10. The molecular formula is C26H30O5S. The molecule has 1 atom stereocenters. The summed E-state index contributed by atoms with van der Waals surface area (Å²) in [5, 5.41) is 1.96. The van der Waals surface area contributed by atoms with Crippen LogP contribution in [0.1, 0.15) is 53.1 Å². The van der Waals surface area contributed by atoms with Gasteiger partial charge in [-0.3, -0.25) is 0 Å². The highest BCUT2D eigenvalue weighted by Crippen LogP contribution is 2.20. The number of esters is 2. The van der Waals surface area contributed by atoms with Gasteiger partial charge in [-0.1, -0.05) is 30.4 Å². The molecule has 1 aliphatic rings. The van der Waals surface area contributed by atoms with Gasteiger partial charge < -0.3 is 14.2 Å². The van der Waals surface area contributed by atoms with Crippen molar-refractivity contribution < 1.29 is 23.8 Å². The van der Waals surface area contributed by atoms with Gasteiger partial charge in [0.15, 0.2) is 0 Å². The van der Waals surface area contributed by atoms with Crippen LogP contribution in [0.15, 0.2) is 59.0 Å². The summed E-state index contributed by atoms with van der Waals surface area (Å²) >= 11 is 1.56. The standard InChI is InChI=1S/C26H30O5S/c1-18-8-4-5-11-23(18)25(27)30-14-13-29-19(2)16-21-9-6-12-24(20(21)3)26(28)31-17-22-10-7-15-32-22/h6-12,15,19H,4-5,13-14,16-17H2,1-3H3. The van der Waals surface area contributed by atoms with Crippen LogP contribution in [-0.2, 0) is 32.0 Å². The second kappa shape index (κ2) is 11.8. The molecule has 32 heavy (non-hydrogen) atoms. The largest absolute Gasteiger partial charge is 0.460 e. The van der Waals surface area contributed by atoms with E-state index in [4.69, 9.17) is 14.2 Å². The highest BCUT2D eigenvalue weighted by molar-refractivity contribution is 7.09. The molecule has 0 aliphatic heterocycles. The normalized spacial score (nSPS) is 14.3. The summed E-state index contributed by atoms with van der Waals surface area (Å²) in [6.45, 7) is 6.65. The van der Waals surface area contributed by atoms with Crippen LogP contribution in [-0.4, -0.2) is 31.3 Å². The minimum Gasteiger partial charge on any atom is -0.460 e. The Morgan fingerprint density at radius 2 is 1.81 bits per heavy atom. The molecule has 1 unspecified atom stereocenters. The van der Waals surface area contributed by atoms with E-state index in [0.29, 0.717) is 24.2 Å². The van der Waals surface area contributed by atoms with Gasteiger partial charge >= 0.3 is 11.9 Å². The van der Waals surface area contributed by atoms with E-state index >= 15 is 0 Å². The minimum absolute atomic E-state index is 0.0830. The molecule has 0 N–H and O–H groups in total. The van der Waals surface area contributed by atoms with Gasteiger partial charge in [0.05, 0.1) is 23.8 Å². The highest BCUT2D eigenvalue weighted by Gasteiger charge is 2.17. The summed E-state index contributed by atoms with van der Waals surface area (Å²) in [5.74, 6) is -0.612. The summed E-state index contributed by atoms with van der Waals surface area (Å²) in [4.78, 5) is 25.7. The molecule has 1 heterocycles. The molecular weight excluding hydrogens is 424 g/mol. The lowest BCUT2D eigenvalue weighted by Crippen LogP contribution is -2.19. The van der Waals surface area contributed by atoms with E-state index in [1.807, 2.05) is 56.5 Å². The van der Waals surface area contributed by atoms with Crippen molar-refractivity contribution in [2.75, 3.05) is 13.2 Å². The Balaban J connectivity index is 1.45. The first kappa shape index (κ1) is 24.0. The third-order valence-electron chi connectivity index (χ3n) is 5.43. The third-order valence-corrected chi connectivity index (χ3v) is 6.28. The SMILES string of the molecule is CC1=CCCC=C1C(=O)OCCOC(C)Cc1cccc(C(=O)OCc2cccs2)c1C. The number of ether oxygens (including phenoxy) is 3. The van der Waals surface area contributed by atoms with E-state index in [-0.39, 0.29) is 31.3 Å². The maximum Gasteiger partial charge on any atom is 0.338 e. The lowest BCUT2D eigenvalue weighted by Gasteiger charge is -2.17. The van der Waals surface area contributed by atoms with Gasteiger partial charge in [0.1, 0.15) is 13.2 Å². The predicted molar refractivity (Wildman–Crippen MR) is 126 cm³/mol. The van der Waals surface area contributed by atoms with Crippen molar-refractivity contribution in [3.8, 4) is 0 Å². The highest BCUT2D eigenvalue weighted by atomic mass is 32.1. The van der Waals surface area contributed by atoms with Crippen molar-refractivity contribution in [3.63, 3.8) is 0 Å². The number of thiophene rings is 1. The van der Waals surface area contributed by atoms with Crippen molar-refractivity contribution >= 4 is 23.3 Å². The predicted octanol–water partition coefficient (Wildman–Crippen LogP) is 5.57. The molecule has 0 fully saturated rings. The number of allylic oxidation sites excluding steroid dienone is 2. The fourth-order valence-electron chi connectivity index (χ4n) is 3.61. The van der Waals surface area contributed by atoms with Crippen LogP contribution in [0.5, 0.6) is 0 Å². The first-order valence-electron chi connectivity index (χ1n) is 10.9. The summed E-state index contributed by atoms with van der Waals surface area (Å²) in [6.07, 6.45) is 6.40. The van der Waals surface area contributed by atoms with Crippen LogP contribution in [0.3, 0.4) is 0 Å². The molecule has 1 aromatic carbocycles. The van der Waals surface area contributed by atoms with Crippen molar-refractivity contribution in [2.24, 2.45) is 0 Å². The fraction of sp³-hybridized carbons (Fsp3) is 0.385. The van der Waals surface area contributed by atoms with E-state index in [2.05, 4.69) is 6.08 Å². The van der Waals surface area contributed by atoms with Gasteiger partial charge in [-0.05, 0) is 74.2 Å². The molecule has 0 amide bonds. The topological polar surface area (TPSA) is 61.8 Å². The van der Waals surface area contributed by atoms with E-state index in [1.165, 1.54) is 0 Å². The maximum absolute atomic E-state index is 12.5. The first-order chi connectivity index (χ1) is 15.5. The fourth-order valence-corrected chi connectivity index (χ4v) is 4.22. The van der Waals surface area contributed by atoms with Crippen molar-refractivity contribution in [2.45, 2.75) is 52.7 Å². The Kier molecular flexibility index (Phi) is 8.82. The van der Waals surface area contributed by atoms with Gasteiger partial charge in [-0.15, -0.1) is 11.3 Å². The Bertz CT molecular complexity index is 988.